The normalized spacial score (nSPS) is 12.0. The van der Waals surface area contributed by atoms with Gasteiger partial charge >= 0.3 is 0 Å². The first-order valence-corrected chi connectivity index (χ1v) is 15.7. The van der Waals surface area contributed by atoms with E-state index >= 15 is 0 Å². The second kappa shape index (κ2) is 19.5. The molecule has 0 aromatic heterocycles. The maximum absolute atomic E-state index is 2.37. The zero-order valence-electron chi connectivity index (χ0n) is 21.0. The Morgan fingerprint density at radius 1 is 0.333 bits per heavy atom. The van der Waals surface area contributed by atoms with Crippen LogP contribution < -0.4 is 0 Å². The molecule has 0 fully saturated rings. The molecule has 0 saturated heterocycles. The first kappa shape index (κ1) is 33.2. The number of rotatable bonds is 12. The third kappa shape index (κ3) is 27.5. The molecule has 0 rings (SSSR count). The van der Waals surface area contributed by atoms with Gasteiger partial charge in [-0.15, -0.1) is 0 Å². The van der Waals surface area contributed by atoms with Crippen molar-refractivity contribution in [1.82, 2.24) is 0 Å². The molecule has 0 aliphatic carbocycles. The molecular weight excluding hydrogens is 457 g/mol. The summed E-state index contributed by atoms with van der Waals surface area (Å²) in [5, 5.41) is 0. The van der Waals surface area contributed by atoms with E-state index in [-0.39, 0.29) is 36.3 Å². The van der Waals surface area contributed by atoms with Gasteiger partial charge in [0.15, 0.2) is 0 Å². The molecule has 0 radical (unpaired) electrons. The molecule has 0 aliphatic rings. The van der Waals surface area contributed by atoms with Gasteiger partial charge in [0.1, 0.15) is 0 Å². The minimum atomic E-state index is -0.0432. The van der Waals surface area contributed by atoms with Crippen LogP contribution >= 0.6 is 15.8 Å². The summed E-state index contributed by atoms with van der Waals surface area (Å²) >= 11 is 0. The van der Waals surface area contributed by atoms with Crippen molar-refractivity contribution >= 4 is 15.8 Å². The quantitative estimate of drug-likeness (QED) is 0.182. The summed E-state index contributed by atoms with van der Waals surface area (Å²) in [5.74, 6) is 5.45. The molecule has 0 saturated carbocycles. The van der Waals surface area contributed by atoms with Gasteiger partial charge in [0.2, 0.25) is 0 Å². The van der Waals surface area contributed by atoms with Gasteiger partial charge in [-0.05, 0) is 35.5 Å². The minimum Gasteiger partial charge on any atom is -0.0593 e. The van der Waals surface area contributed by atoms with E-state index in [9.17, 15) is 0 Å². The van der Waals surface area contributed by atoms with Crippen LogP contribution in [0.3, 0.4) is 0 Å². The van der Waals surface area contributed by atoms with Crippen LogP contribution in [-0.2, 0) is 20.4 Å². The SMILES string of the molecule is CC(C)C[PH+](CC(C)C)CC(C)C.CC(C)C[PH+](CC(C)C)CC(C)C.[Pd]. The maximum Gasteiger partial charge on any atom is 0.0594 e. The molecule has 0 aromatic carbocycles. The molecule has 0 bridgehead atoms. The zero-order valence-corrected chi connectivity index (χ0v) is 24.6. The van der Waals surface area contributed by atoms with Crippen molar-refractivity contribution in [3.05, 3.63) is 0 Å². The second-order valence-electron chi connectivity index (χ2n) is 11.1. The Morgan fingerprint density at radius 3 is 0.519 bits per heavy atom. The van der Waals surface area contributed by atoms with Crippen molar-refractivity contribution in [1.29, 1.82) is 0 Å². The Labute approximate surface area is 191 Å². The Morgan fingerprint density at radius 2 is 0.444 bits per heavy atom. The molecule has 3 heteroatoms. The van der Waals surface area contributed by atoms with Crippen molar-refractivity contribution in [3.63, 3.8) is 0 Å². The van der Waals surface area contributed by atoms with Crippen LogP contribution in [0.2, 0.25) is 0 Å². The molecule has 170 valence electrons. The van der Waals surface area contributed by atoms with Gasteiger partial charge in [-0.3, -0.25) is 0 Å². The molecule has 0 N–H and O–H groups in total. The maximum atomic E-state index is 2.37. The van der Waals surface area contributed by atoms with Gasteiger partial charge in [-0.1, -0.05) is 83.1 Å². The molecule has 0 atom stereocenters. The zero-order chi connectivity index (χ0) is 20.9. The third-order valence-corrected chi connectivity index (χ3v) is 12.5. The minimum absolute atomic E-state index is 0. The number of hydrogen-bond acceptors (Lipinski definition) is 0. The Hall–Kier alpha value is 1.52. The van der Waals surface area contributed by atoms with E-state index in [0.717, 1.165) is 35.5 Å². The Balaban J connectivity index is -0.000000411. The van der Waals surface area contributed by atoms with Crippen molar-refractivity contribution in [2.75, 3.05) is 37.0 Å². The van der Waals surface area contributed by atoms with Gasteiger partial charge in [0.25, 0.3) is 0 Å². The van der Waals surface area contributed by atoms with E-state index in [4.69, 9.17) is 0 Å². The molecular formula is C24H56P2Pd+2. The summed E-state index contributed by atoms with van der Waals surface area (Å²) in [5.41, 5.74) is 0. The summed E-state index contributed by atoms with van der Waals surface area (Å²) < 4.78 is 0. The van der Waals surface area contributed by atoms with Crippen LogP contribution in [0.5, 0.6) is 0 Å². The van der Waals surface area contributed by atoms with E-state index in [1.165, 1.54) is 37.0 Å². The van der Waals surface area contributed by atoms with Crippen molar-refractivity contribution in [2.45, 2.75) is 83.1 Å². The second-order valence-corrected chi connectivity index (χ2v) is 16.5. The summed E-state index contributed by atoms with van der Waals surface area (Å²) in [6.45, 7) is 28.4. The van der Waals surface area contributed by atoms with Gasteiger partial charge in [-0.2, -0.15) is 0 Å². The molecule has 0 heterocycles. The predicted molar refractivity (Wildman–Crippen MR) is 135 cm³/mol. The van der Waals surface area contributed by atoms with Gasteiger partial charge < -0.3 is 0 Å². The molecule has 27 heavy (non-hydrogen) atoms. The van der Waals surface area contributed by atoms with Gasteiger partial charge in [-0.25, -0.2) is 0 Å². The van der Waals surface area contributed by atoms with Crippen LogP contribution in [0.15, 0.2) is 0 Å². The largest absolute Gasteiger partial charge is 0.0594 e. The monoisotopic (exact) mass is 512 g/mol. The van der Waals surface area contributed by atoms with E-state index in [1.54, 1.807) is 0 Å². The van der Waals surface area contributed by atoms with Gasteiger partial charge in [0.05, 0.1) is 37.0 Å². The number of hydrogen-bond donors (Lipinski definition) is 0. The van der Waals surface area contributed by atoms with Crippen molar-refractivity contribution in [3.8, 4) is 0 Å². The van der Waals surface area contributed by atoms with Crippen LogP contribution in [-0.4, -0.2) is 37.0 Å². The standard InChI is InChI=1S/2C12H27P.Pd/c2*1-10(2)7-13(8-11(3)4)9-12(5)6;/h2*10-12H,7-9H2,1-6H3;/p+2. The van der Waals surface area contributed by atoms with E-state index < -0.39 is 0 Å². The molecule has 0 nitrogen and oxygen atoms in total. The smallest absolute Gasteiger partial charge is 0.0593 e. The van der Waals surface area contributed by atoms with E-state index in [1.807, 2.05) is 0 Å². The molecule has 0 unspecified atom stereocenters. The average Bonchev–Trinajstić information content (AvgIpc) is 2.33. The van der Waals surface area contributed by atoms with Crippen LogP contribution in [0.25, 0.3) is 0 Å². The molecule has 0 aliphatic heterocycles. The molecule has 0 amide bonds. The topological polar surface area (TPSA) is 0 Å². The van der Waals surface area contributed by atoms with Crippen LogP contribution in [0, 0.1) is 35.5 Å². The van der Waals surface area contributed by atoms with Crippen molar-refractivity contribution in [2.24, 2.45) is 35.5 Å². The fraction of sp³-hybridized carbons (Fsp3) is 1.00. The average molecular weight is 513 g/mol. The third-order valence-electron chi connectivity index (χ3n) is 4.18. The Bertz CT molecular complexity index is 221. The summed E-state index contributed by atoms with van der Waals surface area (Å²) in [6, 6.07) is 0. The van der Waals surface area contributed by atoms with Crippen LogP contribution in [0.1, 0.15) is 83.1 Å². The van der Waals surface area contributed by atoms with Crippen LogP contribution in [0.4, 0.5) is 0 Å². The predicted octanol–water partition coefficient (Wildman–Crippen LogP) is 8.33. The Kier molecular flexibility index (Phi) is 23.9. The summed E-state index contributed by atoms with van der Waals surface area (Å²) in [6.07, 6.45) is 9.09. The van der Waals surface area contributed by atoms with E-state index in [2.05, 4.69) is 83.1 Å². The first-order valence-electron chi connectivity index (χ1n) is 11.5. The fourth-order valence-electron chi connectivity index (χ4n) is 3.96. The summed E-state index contributed by atoms with van der Waals surface area (Å²) in [7, 11) is -0.0864. The van der Waals surface area contributed by atoms with Gasteiger partial charge in [0, 0.05) is 36.3 Å². The fourth-order valence-corrected chi connectivity index (χ4v) is 11.9. The summed E-state index contributed by atoms with van der Waals surface area (Å²) in [4.78, 5) is 0. The van der Waals surface area contributed by atoms with E-state index in [0.29, 0.717) is 0 Å². The first-order chi connectivity index (χ1) is 11.8. The molecule has 0 aromatic rings. The molecule has 0 spiro atoms. The van der Waals surface area contributed by atoms with Crippen molar-refractivity contribution < 1.29 is 20.4 Å².